The molecule has 0 heterocycles. The third-order valence-electron chi connectivity index (χ3n) is 2.02. The lowest BCUT2D eigenvalue weighted by Gasteiger charge is -2.19. The Labute approximate surface area is 84.0 Å². The van der Waals surface area contributed by atoms with Gasteiger partial charge in [0.05, 0.1) is 0 Å². The van der Waals surface area contributed by atoms with E-state index in [-0.39, 0.29) is 6.04 Å². The summed E-state index contributed by atoms with van der Waals surface area (Å²) in [6.45, 7) is 5.47. The lowest BCUT2D eigenvalue weighted by atomic mass is 10.2. The number of hydrogen-bond donors (Lipinski definition) is 1. The minimum absolute atomic E-state index is 0.134. The molecule has 0 aromatic rings. The molecule has 0 bridgehead atoms. The third-order valence-corrected chi connectivity index (χ3v) is 2.02. The first-order chi connectivity index (χ1) is 6.42. The number of carbonyl (C=O) groups excluding carboxylic acids is 2. The van der Waals surface area contributed by atoms with Crippen LogP contribution in [-0.4, -0.2) is 24.0 Å². The van der Waals surface area contributed by atoms with Crippen molar-refractivity contribution in [3.63, 3.8) is 0 Å². The smallest absolute Gasteiger partial charge is 0.407 e. The Morgan fingerprint density at radius 2 is 2.21 bits per heavy atom. The highest BCUT2D eigenvalue weighted by molar-refractivity contribution is 5.68. The number of ether oxygens (including phenoxy) is 1. The molecule has 0 saturated heterocycles. The molecule has 2 atom stereocenters. The van der Waals surface area contributed by atoms with Crippen LogP contribution in [0.25, 0.3) is 0 Å². The van der Waals surface area contributed by atoms with Crippen LogP contribution in [-0.2, 0) is 9.53 Å². The second-order valence-electron chi connectivity index (χ2n) is 4.65. The molecule has 14 heavy (non-hydrogen) atoms. The summed E-state index contributed by atoms with van der Waals surface area (Å²) in [4.78, 5) is 21.4. The van der Waals surface area contributed by atoms with Gasteiger partial charge in [-0.25, -0.2) is 4.79 Å². The van der Waals surface area contributed by atoms with Crippen LogP contribution in [0.15, 0.2) is 0 Å². The quantitative estimate of drug-likeness (QED) is 0.700. The molecule has 1 N–H and O–H groups in total. The zero-order valence-corrected chi connectivity index (χ0v) is 8.87. The first-order valence-electron chi connectivity index (χ1n) is 4.85. The monoisotopic (exact) mass is 199 g/mol. The van der Waals surface area contributed by atoms with Crippen LogP contribution in [0.2, 0.25) is 0 Å². The molecule has 0 aliphatic heterocycles. The van der Waals surface area contributed by atoms with Gasteiger partial charge in [-0.15, -0.1) is 0 Å². The normalized spacial score (nSPS) is 25.4. The molecule has 4 heteroatoms. The van der Waals surface area contributed by atoms with Gasteiger partial charge in [-0.1, -0.05) is 0 Å². The van der Waals surface area contributed by atoms with Crippen LogP contribution < -0.4 is 5.32 Å². The van der Waals surface area contributed by atoms with E-state index in [4.69, 9.17) is 4.74 Å². The Kier molecular flexibility index (Phi) is 3.13. The van der Waals surface area contributed by atoms with E-state index in [1.807, 2.05) is 20.8 Å². The molecule has 1 saturated carbocycles. The van der Waals surface area contributed by atoms with Crippen LogP contribution in [0, 0.1) is 5.92 Å². The van der Waals surface area contributed by atoms with Crippen LogP contribution in [0.4, 0.5) is 4.79 Å². The van der Waals surface area contributed by atoms with E-state index >= 15 is 0 Å². The van der Waals surface area contributed by atoms with Gasteiger partial charge in [-0.05, 0) is 33.1 Å². The van der Waals surface area contributed by atoms with Crippen molar-refractivity contribution in [3.05, 3.63) is 0 Å². The minimum Gasteiger partial charge on any atom is -0.444 e. The average Bonchev–Trinajstić information content (AvgIpc) is 2.63. The van der Waals surface area contributed by atoms with Crippen molar-refractivity contribution >= 4 is 12.4 Å². The molecular formula is C10H17NO3. The summed E-state index contributed by atoms with van der Waals surface area (Å²) in [6, 6.07) is 0.134. The highest BCUT2D eigenvalue weighted by Crippen LogP contribution is 2.32. The predicted molar refractivity (Wildman–Crippen MR) is 51.9 cm³/mol. The molecule has 1 aliphatic rings. The van der Waals surface area contributed by atoms with Crippen molar-refractivity contribution < 1.29 is 14.3 Å². The Bertz CT molecular complexity index is 232. The van der Waals surface area contributed by atoms with Crippen LogP contribution in [0.5, 0.6) is 0 Å². The third kappa shape index (κ3) is 3.77. The zero-order valence-electron chi connectivity index (χ0n) is 8.87. The Morgan fingerprint density at radius 1 is 1.57 bits per heavy atom. The zero-order chi connectivity index (χ0) is 10.8. The first kappa shape index (κ1) is 11.0. The van der Waals surface area contributed by atoms with Gasteiger partial charge < -0.3 is 14.8 Å². The summed E-state index contributed by atoms with van der Waals surface area (Å²) in [7, 11) is 0. The largest absolute Gasteiger partial charge is 0.444 e. The van der Waals surface area contributed by atoms with Gasteiger partial charge >= 0.3 is 6.09 Å². The summed E-state index contributed by atoms with van der Waals surface area (Å²) < 4.78 is 5.08. The van der Waals surface area contributed by atoms with Crippen molar-refractivity contribution in [2.24, 2.45) is 5.92 Å². The molecule has 4 nitrogen and oxygen atoms in total. The van der Waals surface area contributed by atoms with Crippen molar-refractivity contribution in [2.75, 3.05) is 0 Å². The number of hydrogen-bond acceptors (Lipinski definition) is 3. The van der Waals surface area contributed by atoms with Gasteiger partial charge in [0.15, 0.2) is 0 Å². The van der Waals surface area contributed by atoms with Gasteiger partial charge in [-0.2, -0.15) is 0 Å². The SMILES string of the molecule is CC(C)(C)OC(=O)NC1CC1CC=O. The highest BCUT2D eigenvalue weighted by atomic mass is 16.6. The summed E-state index contributed by atoms with van der Waals surface area (Å²) in [6.07, 6.45) is 1.91. The number of aldehydes is 1. The second-order valence-corrected chi connectivity index (χ2v) is 4.65. The number of rotatable bonds is 3. The molecule has 2 unspecified atom stereocenters. The van der Waals surface area contributed by atoms with Gasteiger partial charge in [0, 0.05) is 12.5 Å². The van der Waals surface area contributed by atoms with E-state index < -0.39 is 11.7 Å². The van der Waals surface area contributed by atoms with Crippen molar-refractivity contribution in [2.45, 2.75) is 45.3 Å². The Morgan fingerprint density at radius 3 is 2.71 bits per heavy atom. The average molecular weight is 199 g/mol. The van der Waals surface area contributed by atoms with Crippen molar-refractivity contribution in [1.29, 1.82) is 0 Å². The predicted octanol–water partition coefficient (Wildman–Crippen LogP) is 1.49. The van der Waals surface area contributed by atoms with Gasteiger partial charge in [0.25, 0.3) is 0 Å². The van der Waals surface area contributed by atoms with E-state index in [1.165, 1.54) is 0 Å². The summed E-state index contributed by atoms with van der Waals surface area (Å²) in [5.74, 6) is 0.319. The number of carbonyl (C=O) groups is 2. The highest BCUT2D eigenvalue weighted by Gasteiger charge is 2.38. The van der Waals surface area contributed by atoms with Gasteiger partial charge in [0.2, 0.25) is 0 Å². The van der Waals surface area contributed by atoms with E-state index in [9.17, 15) is 9.59 Å². The van der Waals surface area contributed by atoms with Crippen LogP contribution in [0.1, 0.15) is 33.6 Å². The van der Waals surface area contributed by atoms with Gasteiger partial charge in [-0.3, -0.25) is 0 Å². The molecular weight excluding hydrogens is 182 g/mol. The number of amides is 1. The molecule has 1 aliphatic carbocycles. The number of nitrogens with one attached hydrogen (secondary N) is 1. The topological polar surface area (TPSA) is 55.4 Å². The lowest BCUT2D eigenvalue weighted by Crippen LogP contribution is -2.34. The van der Waals surface area contributed by atoms with E-state index in [2.05, 4.69) is 5.32 Å². The van der Waals surface area contributed by atoms with E-state index in [1.54, 1.807) is 0 Å². The maximum atomic E-state index is 11.2. The fourth-order valence-corrected chi connectivity index (χ4v) is 1.27. The van der Waals surface area contributed by atoms with Crippen molar-refractivity contribution in [1.82, 2.24) is 5.32 Å². The molecule has 1 rings (SSSR count). The van der Waals surface area contributed by atoms with Crippen LogP contribution >= 0.6 is 0 Å². The summed E-state index contributed by atoms with van der Waals surface area (Å²) in [5, 5.41) is 2.73. The lowest BCUT2D eigenvalue weighted by molar-refractivity contribution is -0.108. The van der Waals surface area contributed by atoms with Crippen molar-refractivity contribution in [3.8, 4) is 0 Å². The molecule has 0 radical (unpaired) electrons. The van der Waals surface area contributed by atoms with Gasteiger partial charge in [0.1, 0.15) is 11.9 Å². The fourth-order valence-electron chi connectivity index (χ4n) is 1.27. The molecule has 80 valence electrons. The van der Waals surface area contributed by atoms with Crippen LogP contribution in [0.3, 0.4) is 0 Å². The molecule has 1 fully saturated rings. The van der Waals surface area contributed by atoms with E-state index in [0.717, 1.165) is 12.7 Å². The standard InChI is InChI=1S/C10H17NO3/c1-10(2,3)14-9(13)11-8-6-7(8)4-5-12/h5,7-8H,4,6H2,1-3H3,(H,11,13). The fraction of sp³-hybridized carbons (Fsp3) is 0.800. The Hall–Kier alpha value is -1.06. The second kappa shape index (κ2) is 3.98. The Balaban J connectivity index is 2.20. The molecule has 0 spiro atoms. The maximum Gasteiger partial charge on any atom is 0.407 e. The minimum atomic E-state index is -0.459. The number of alkyl carbamates (subject to hydrolysis) is 1. The molecule has 0 aromatic heterocycles. The molecule has 1 amide bonds. The molecule has 0 aromatic carbocycles. The first-order valence-corrected chi connectivity index (χ1v) is 4.85. The maximum absolute atomic E-state index is 11.2. The summed E-state index contributed by atoms with van der Waals surface area (Å²) in [5.41, 5.74) is -0.459. The summed E-state index contributed by atoms with van der Waals surface area (Å²) >= 11 is 0. The van der Waals surface area contributed by atoms with E-state index in [0.29, 0.717) is 12.3 Å².